The molecule has 3 aromatic carbocycles. The summed E-state index contributed by atoms with van der Waals surface area (Å²) in [7, 11) is 0. The van der Waals surface area contributed by atoms with E-state index in [1.807, 2.05) is 0 Å². The Labute approximate surface area is 165 Å². The highest BCUT2D eigenvalue weighted by Gasteiger charge is 2.24. The van der Waals surface area contributed by atoms with Gasteiger partial charge in [-0.15, -0.1) is 11.3 Å². The average Bonchev–Trinajstić information content (AvgIpc) is 3.07. The normalized spacial score (nSPS) is 11.1. The van der Waals surface area contributed by atoms with Crippen molar-refractivity contribution in [1.29, 1.82) is 0 Å². The van der Waals surface area contributed by atoms with Gasteiger partial charge in [0, 0.05) is 0 Å². The second-order valence-corrected chi connectivity index (χ2v) is 8.27. The van der Waals surface area contributed by atoms with Gasteiger partial charge in [0.2, 0.25) is 0 Å². The Morgan fingerprint density at radius 2 is 1.19 bits per heavy atom. The van der Waals surface area contributed by atoms with Gasteiger partial charge in [-0.2, -0.15) is 0 Å². The van der Waals surface area contributed by atoms with Gasteiger partial charge in [-0.1, -0.05) is 90.0 Å². The summed E-state index contributed by atoms with van der Waals surface area (Å²) in [5.74, 6) is 0.131. The maximum atomic E-state index is 5.00. The lowest BCUT2D eigenvalue weighted by atomic mass is 9.86. The molecule has 1 heterocycles. The van der Waals surface area contributed by atoms with Gasteiger partial charge in [-0.3, -0.25) is 0 Å². The van der Waals surface area contributed by atoms with Crippen molar-refractivity contribution in [3.8, 4) is 10.4 Å². The van der Waals surface area contributed by atoms with Crippen molar-refractivity contribution < 1.29 is 0 Å². The van der Waals surface area contributed by atoms with Crippen LogP contribution in [0, 0.1) is 20.8 Å². The molecule has 0 aliphatic heterocycles. The molecule has 4 rings (SSSR count). The Balaban J connectivity index is 1.92. The molecule has 0 unspecified atom stereocenters. The van der Waals surface area contributed by atoms with Crippen LogP contribution in [0.1, 0.15) is 38.9 Å². The number of thiazole rings is 1. The second-order valence-electron chi connectivity index (χ2n) is 7.07. The van der Waals surface area contributed by atoms with E-state index >= 15 is 0 Å². The van der Waals surface area contributed by atoms with Gasteiger partial charge in [0.25, 0.3) is 0 Å². The molecule has 134 valence electrons. The molecule has 0 saturated carbocycles. The molecule has 27 heavy (non-hydrogen) atoms. The van der Waals surface area contributed by atoms with E-state index in [4.69, 9.17) is 4.98 Å². The van der Waals surface area contributed by atoms with Crippen molar-refractivity contribution in [3.05, 3.63) is 112 Å². The van der Waals surface area contributed by atoms with E-state index in [2.05, 4.69) is 99.6 Å². The highest BCUT2D eigenvalue weighted by molar-refractivity contribution is 7.15. The van der Waals surface area contributed by atoms with Gasteiger partial charge >= 0.3 is 0 Å². The van der Waals surface area contributed by atoms with E-state index < -0.39 is 0 Å². The van der Waals surface area contributed by atoms with Gasteiger partial charge < -0.3 is 0 Å². The monoisotopic (exact) mass is 369 g/mol. The maximum Gasteiger partial charge on any atom is 0.0904 e. The smallest absolute Gasteiger partial charge is 0.0904 e. The fourth-order valence-electron chi connectivity index (χ4n) is 3.46. The lowest BCUT2D eigenvalue weighted by Crippen LogP contribution is -2.05. The lowest BCUT2D eigenvalue weighted by Gasteiger charge is -2.19. The minimum absolute atomic E-state index is 0.131. The van der Waals surface area contributed by atoms with Crippen LogP contribution in [0.2, 0.25) is 0 Å². The second kappa shape index (κ2) is 7.50. The van der Waals surface area contributed by atoms with Crippen LogP contribution in [-0.4, -0.2) is 4.98 Å². The quantitative estimate of drug-likeness (QED) is 0.380. The van der Waals surface area contributed by atoms with Crippen LogP contribution in [0.15, 0.2) is 78.9 Å². The molecule has 2 heteroatoms. The standard InChI is InChI=1S/C25H23NS/c1-17-9-13-20(14-10-17)23(21-15-11-18(2)12-16-21)24-25(27-19(3)26-24)22-7-5-4-6-8-22/h4-16,23H,1-3H3. The molecule has 0 aliphatic carbocycles. The number of hydrogen-bond donors (Lipinski definition) is 0. The predicted octanol–water partition coefficient (Wildman–Crippen LogP) is 6.92. The zero-order valence-electron chi connectivity index (χ0n) is 15.9. The highest BCUT2D eigenvalue weighted by atomic mass is 32.1. The SMILES string of the molecule is Cc1ccc(C(c2ccc(C)cc2)c2nc(C)sc2-c2ccccc2)cc1. The van der Waals surface area contributed by atoms with E-state index in [1.54, 1.807) is 11.3 Å². The summed E-state index contributed by atoms with van der Waals surface area (Å²) in [5.41, 5.74) is 7.51. The molecular weight excluding hydrogens is 346 g/mol. The third kappa shape index (κ3) is 3.72. The number of hydrogen-bond acceptors (Lipinski definition) is 2. The van der Waals surface area contributed by atoms with Gasteiger partial charge in [0.1, 0.15) is 0 Å². The molecule has 0 bridgehead atoms. The summed E-state index contributed by atoms with van der Waals surface area (Å²) in [6, 6.07) is 28.3. The Bertz CT molecular complexity index is 983. The molecule has 0 atom stereocenters. The molecule has 0 spiro atoms. The van der Waals surface area contributed by atoms with Crippen molar-refractivity contribution >= 4 is 11.3 Å². The molecule has 4 aromatic rings. The van der Waals surface area contributed by atoms with Crippen molar-refractivity contribution in [2.75, 3.05) is 0 Å². The topological polar surface area (TPSA) is 12.9 Å². The average molecular weight is 370 g/mol. The van der Waals surface area contributed by atoms with E-state index in [0.717, 1.165) is 10.7 Å². The summed E-state index contributed by atoms with van der Waals surface area (Å²) >= 11 is 1.78. The maximum absolute atomic E-state index is 5.00. The molecule has 0 N–H and O–H groups in total. The molecule has 1 nitrogen and oxygen atoms in total. The first kappa shape index (κ1) is 17.7. The number of nitrogens with zero attached hydrogens (tertiary/aromatic N) is 1. The van der Waals surface area contributed by atoms with E-state index in [1.165, 1.54) is 32.7 Å². The Morgan fingerprint density at radius 3 is 1.70 bits per heavy atom. The van der Waals surface area contributed by atoms with Crippen LogP contribution in [0.5, 0.6) is 0 Å². The van der Waals surface area contributed by atoms with Gasteiger partial charge in [0.05, 0.1) is 21.5 Å². The first-order valence-electron chi connectivity index (χ1n) is 9.27. The summed E-state index contributed by atoms with van der Waals surface area (Å²) < 4.78 is 0. The minimum atomic E-state index is 0.131. The van der Waals surface area contributed by atoms with Crippen molar-refractivity contribution in [2.24, 2.45) is 0 Å². The van der Waals surface area contributed by atoms with Crippen LogP contribution < -0.4 is 0 Å². The zero-order chi connectivity index (χ0) is 18.8. The van der Waals surface area contributed by atoms with Crippen molar-refractivity contribution in [3.63, 3.8) is 0 Å². The summed E-state index contributed by atoms with van der Waals surface area (Å²) in [4.78, 5) is 6.27. The lowest BCUT2D eigenvalue weighted by molar-refractivity contribution is 0.926. The van der Waals surface area contributed by atoms with Gasteiger partial charge in [0.15, 0.2) is 0 Å². The molecule has 0 saturated heterocycles. The third-order valence-corrected chi connectivity index (χ3v) is 5.93. The number of aromatic nitrogens is 1. The summed E-state index contributed by atoms with van der Waals surface area (Å²) in [5, 5.41) is 1.10. The third-order valence-electron chi connectivity index (χ3n) is 4.89. The first-order chi connectivity index (χ1) is 13.1. The van der Waals surface area contributed by atoms with Crippen LogP contribution in [0.4, 0.5) is 0 Å². The van der Waals surface area contributed by atoms with Crippen LogP contribution in [0.3, 0.4) is 0 Å². The van der Waals surface area contributed by atoms with Crippen molar-refractivity contribution in [2.45, 2.75) is 26.7 Å². The largest absolute Gasteiger partial charge is 0.245 e. The van der Waals surface area contributed by atoms with E-state index in [9.17, 15) is 0 Å². The summed E-state index contributed by atoms with van der Waals surface area (Å²) in [6.45, 7) is 6.36. The van der Waals surface area contributed by atoms with Crippen LogP contribution in [-0.2, 0) is 0 Å². The zero-order valence-corrected chi connectivity index (χ0v) is 16.8. The fraction of sp³-hybridized carbons (Fsp3) is 0.160. The molecule has 1 aromatic heterocycles. The van der Waals surface area contributed by atoms with Gasteiger partial charge in [-0.05, 0) is 37.5 Å². The molecular formula is C25H23NS. The van der Waals surface area contributed by atoms with E-state index in [0.29, 0.717) is 0 Å². The minimum Gasteiger partial charge on any atom is -0.245 e. The Hall–Kier alpha value is -2.71. The predicted molar refractivity (Wildman–Crippen MR) is 116 cm³/mol. The Morgan fingerprint density at radius 1 is 0.667 bits per heavy atom. The van der Waals surface area contributed by atoms with Gasteiger partial charge in [-0.25, -0.2) is 4.98 Å². The molecule has 0 fully saturated rings. The summed E-state index contributed by atoms with van der Waals surface area (Å²) in [6.07, 6.45) is 0. The van der Waals surface area contributed by atoms with Crippen LogP contribution in [0.25, 0.3) is 10.4 Å². The molecule has 0 amide bonds. The molecule has 0 radical (unpaired) electrons. The van der Waals surface area contributed by atoms with E-state index in [-0.39, 0.29) is 5.92 Å². The first-order valence-corrected chi connectivity index (χ1v) is 10.1. The van der Waals surface area contributed by atoms with Crippen molar-refractivity contribution in [1.82, 2.24) is 4.98 Å². The molecule has 0 aliphatic rings. The number of benzene rings is 3. The number of rotatable bonds is 4. The Kier molecular flexibility index (Phi) is 4.91. The van der Waals surface area contributed by atoms with Crippen LogP contribution >= 0.6 is 11.3 Å². The fourth-order valence-corrected chi connectivity index (χ4v) is 4.42. The highest BCUT2D eigenvalue weighted by Crippen LogP contribution is 2.40. The number of aryl methyl sites for hydroxylation is 3.